The van der Waals surface area contributed by atoms with Crippen LogP contribution in [0.1, 0.15) is 47.0 Å². The molecule has 5 nitrogen and oxygen atoms in total. The molecular weight excluding hydrogens is 268 g/mol. The minimum Gasteiger partial charge on any atom is -0.444 e. The maximum atomic E-state index is 11.9. The Labute approximate surface area is 129 Å². The predicted molar refractivity (Wildman–Crippen MR) is 84.5 cm³/mol. The van der Waals surface area contributed by atoms with Crippen LogP contribution in [0.2, 0.25) is 0 Å². The lowest BCUT2D eigenvalue weighted by Crippen LogP contribution is -2.42. The summed E-state index contributed by atoms with van der Waals surface area (Å²) in [6, 6.07) is 0. The van der Waals surface area contributed by atoms with E-state index in [4.69, 9.17) is 9.47 Å². The fraction of sp³-hybridized carbons (Fsp3) is 0.938. The summed E-state index contributed by atoms with van der Waals surface area (Å²) in [5.74, 6) is 0.565. The van der Waals surface area contributed by atoms with Crippen molar-refractivity contribution in [3.05, 3.63) is 0 Å². The molecular formula is C16H32N2O3. The molecule has 1 aliphatic rings. The molecule has 0 aromatic carbocycles. The number of nitrogens with one attached hydrogen (secondary N) is 1. The van der Waals surface area contributed by atoms with E-state index in [-0.39, 0.29) is 6.09 Å². The van der Waals surface area contributed by atoms with E-state index in [1.807, 2.05) is 25.7 Å². The van der Waals surface area contributed by atoms with Crippen molar-refractivity contribution in [3.8, 4) is 0 Å². The van der Waals surface area contributed by atoms with E-state index in [2.05, 4.69) is 12.2 Å². The number of carbonyl (C=O) groups excluding carboxylic acids is 1. The van der Waals surface area contributed by atoms with Crippen LogP contribution in [-0.2, 0) is 9.47 Å². The quantitative estimate of drug-likeness (QED) is 0.734. The predicted octanol–water partition coefficient (Wildman–Crippen LogP) is 2.65. The third-order valence-corrected chi connectivity index (χ3v) is 3.47. The Morgan fingerprint density at radius 3 is 2.48 bits per heavy atom. The average molecular weight is 300 g/mol. The van der Waals surface area contributed by atoms with E-state index >= 15 is 0 Å². The molecule has 0 aliphatic carbocycles. The van der Waals surface area contributed by atoms with Gasteiger partial charge in [0.2, 0.25) is 0 Å². The monoisotopic (exact) mass is 300 g/mol. The first-order valence-corrected chi connectivity index (χ1v) is 8.18. The van der Waals surface area contributed by atoms with Gasteiger partial charge in [0.25, 0.3) is 0 Å². The van der Waals surface area contributed by atoms with Crippen molar-refractivity contribution in [3.63, 3.8) is 0 Å². The van der Waals surface area contributed by atoms with Crippen molar-refractivity contribution >= 4 is 6.09 Å². The van der Waals surface area contributed by atoms with Gasteiger partial charge in [0.15, 0.2) is 0 Å². The van der Waals surface area contributed by atoms with Crippen LogP contribution < -0.4 is 5.32 Å². The van der Waals surface area contributed by atoms with E-state index in [0.717, 1.165) is 58.7 Å². The standard InChI is InChI=1S/C16H32N2O3/c1-5-8-17-9-12-20-13-14-6-10-18(11-7-14)15(19)21-16(2,3)4/h14,17H,5-13H2,1-4H3. The number of nitrogens with zero attached hydrogens (tertiary/aromatic N) is 1. The minimum absolute atomic E-state index is 0.189. The molecule has 1 heterocycles. The van der Waals surface area contributed by atoms with Crippen LogP contribution in [0, 0.1) is 5.92 Å². The third kappa shape index (κ3) is 8.27. The minimum atomic E-state index is -0.414. The van der Waals surface area contributed by atoms with Crippen molar-refractivity contribution < 1.29 is 14.3 Å². The summed E-state index contributed by atoms with van der Waals surface area (Å²) >= 11 is 0. The summed E-state index contributed by atoms with van der Waals surface area (Å²) in [4.78, 5) is 13.8. The Kier molecular flexibility index (Phi) is 8.04. The largest absolute Gasteiger partial charge is 0.444 e. The lowest BCUT2D eigenvalue weighted by Gasteiger charge is -2.33. The van der Waals surface area contributed by atoms with E-state index in [1.165, 1.54) is 0 Å². The number of piperidine rings is 1. The maximum Gasteiger partial charge on any atom is 0.410 e. The fourth-order valence-corrected chi connectivity index (χ4v) is 2.30. The van der Waals surface area contributed by atoms with Crippen LogP contribution in [0.25, 0.3) is 0 Å². The van der Waals surface area contributed by atoms with Crippen LogP contribution >= 0.6 is 0 Å². The van der Waals surface area contributed by atoms with Crippen molar-refractivity contribution in [2.45, 2.75) is 52.6 Å². The zero-order valence-electron chi connectivity index (χ0n) is 14.1. The maximum absolute atomic E-state index is 11.9. The molecule has 0 bridgehead atoms. The second kappa shape index (κ2) is 9.26. The molecule has 21 heavy (non-hydrogen) atoms. The Balaban J connectivity index is 2.10. The molecule has 0 radical (unpaired) electrons. The van der Waals surface area contributed by atoms with Crippen molar-refractivity contribution in [2.24, 2.45) is 5.92 Å². The van der Waals surface area contributed by atoms with Gasteiger partial charge < -0.3 is 19.7 Å². The summed E-state index contributed by atoms with van der Waals surface area (Å²) < 4.78 is 11.1. The van der Waals surface area contributed by atoms with Gasteiger partial charge in [-0.15, -0.1) is 0 Å². The molecule has 0 saturated carbocycles. The number of hydrogen-bond donors (Lipinski definition) is 1. The molecule has 0 aromatic heterocycles. The Morgan fingerprint density at radius 1 is 1.24 bits per heavy atom. The molecule has 1 aliphatic heterocycles. The first kappa shape index (κ1) is 18.2. The van der Waals surface area contributed by atoms with Crippen LogP contribution in [-0.4, -0.2) is 56.0 Å². The molecule has 5 heteroatoms. The van der Waals surface area contributed by atoms with Crippen LogP contribution in [0.3, 0.4) is 0 Å². The molecule has 1 amide bonds. The van der Waals surface area contributed by atoms with Crippen molar-refractivity contribution in [1.29, 1.82) is 0 Å². The number of hydrogen-bond acceptors (Lipinski definition) is 4. The molecule has 0 aromatic rings. The van der Waals surface area contributed by atoms with Crippen LogP contribution in [0.15, 0.2) is 0 Å². The van der Waals surface area contributed by atoms with Crippen molar-refractivity contribution in [1.82, 2.24) is 10.2 Å². The second-order valence-electron chi connectivity index (χ2n) is 6.74. The van der Waals surface area contributed by atoms with E-state index < -0.39 is 5.60 Å². The van der Waals surface area contributed by atoms with Gasteiger partial charge in [-0.25, -0.2) is 4.79 Å². The van der Waals surface area contributed by atoms with Gasteiger partial charge in [-0.3, -0.25) is 0 Å². The van der Waals surface area contributed by atoms with Gasteiger partial charge in [-0.05, 0) is 52.5 Å². The van der Waals surface area contributed by atoms with Gasteiger partial charge in [0.05, 0.1) is 6.61 Å². The summed E-state index contributed by atoms with van der Waals surface area (Å²) in [6.45, 7) is 13.0. The molecule has 1 fully saturated rings. The smallest absolute Gasteiger partial charge is 0.410 e. The lowest BCUT2D eigenvalue weighted by molar-refractivity contribution is 0.0119. The Morgan fingerprint density at radius 2 is 1.90 bits per heavy atom. The number of amides is 1. The summed E-state index contributed by atoms with van der Waals surface area (Å²) in [6.07, 6.45) is 2.97. The zero-order chi connectivity index (χ0) is 15.7. The van der Waals surface area contributed by atoms with Gasteiger partial charge >= 0.3 is 6.09 Å². The number of ether oxygens (including phenoxy) is 2. The first-order valence-electron chi connectivity index (χ1n) is 8.18. The highest BCUT2D eigenvalue weighted by molar-refractivity contribution is 5.68. The van der Waals surface area contributed by atoms with Gasteiger partial charge in [-0.1, -0.05) is 6.92 Å². The highest BCUT2D eigenvalue weighted by Crippen LogP contribution is 2.19. The van der Waals surface area contributed by atoms with Gasteiger partial charge in [-0.2, -0.15) is 0 Å². The first-order chi connectivity index (χ1) is 9.92. The van der Waals surface area contributed by atoms with Crippen molar-refractivity contribution in [2.75, 3.05) is 39.4 Å². The van der Waals surface area contributed by atoms with E-state index in [9.17, 15) is 4.79 Å². The summed E-state index contributed by atoms with van der Waals surface area (Å²) in [5, 5.41) is 3.32. The molecule has 0 unspecified atom stereocenters. The molecule has 0 spiro atoms. The summed E-state index contributed by atoms with van der Waals surface area (Å²) in [5.41, 5.74) is -0.414. The summed E-state index contributed by atoms with van der Waals surface area (Å²) in [7, 11) is 0. The molecule has 1 rings (SSSR count). The lowest BCUT2D eigenvalue weighted by atomic mass is 9.98. The molecule has 1 N–H and O–H groups in total. The molecule has 1 saturated heterocycles. The van der Waals surface area contributed by atoms with Gasteiger partial charge in [0.1, 0.15) is 5.60 Å². The third-order valence-electron chi connectivity index (χ3n) is 3.47. The zero-order valence-corrected chi connectivity index (χ0v) is 14.1. The van der Waals surface area contributed by atoms with Crippen LogP contribution in [0.5, 0.6) is 0 Å². The highest BCUT2D eigenvalue weighted by atomic mass is 16.6. The van der Waals surface area contributed by atoms with E-state index in [0.29, 0.717) is 5.92 Å². The Hall–Kier alpha value is -0.810. The molecule has 124 valence electrons. The van der Waals surface area contributed by atoms with Crippen LogP contribution in [0.4, 0.5) is 4.79 Å². The SMILES string of the molecule is CCCNCCOCC1CCN(C(=O)OC(C)(C)C)CC1. The number of likely N-dealkylation sites (tertiary alicyclic amines) is 1. The topological polar surface area (TPSA) is 50.8 Å². The second-order valence-corrected chi connectivity index (χ2v) is 6.74. The number of carbonyl (C=O) groups is 1. The fourth-order valence-electron chi connectivity index (χ4n) is 2.30. The normalized spacial score (nSPS) is 17.0. The molecule has 0 atom stereocenters. The highest BCUT2D eigenvalue weighted by Gasteiger charge is 2.26. The average Bonchev–Trinajstić information content (AvgIpc) is 2.41. The number of rotatable bonds is 7. The van der Waals surface area contributed by atoms with E-state index in [1.54, 1.807) is 0 Å². The Bertz CT molecular complexity index is 294. The van der Waals surface area contributed by atoms with Gasteiger partial charge in [0, 0.05) is 26.2 Å².